The van der Waals surface area contributed by atoms with Crippen LogP contribution in [-0.2, 0) is 19.5 Å². The molecule has 0 spiro atoms. The Morgan fingerprint density at radius 2 is 1.86 bits per heavy atom. The van der Waals surface area contributed by atoms with Gasteiger partial charge in [0.15, 0.2) is 5.78 Å². The number of ketones is 1. The van der Waals surface area contributed by atoms with Crippen molar-refractivity contribution in [2.45, 2.75) is 60.5 Å². The number of Topliss-reactive ketones (excluding diaryl/α,β-unsaturated/α-hetero) is 1. The molecule has 0 aliphatic rings. The van der Waals surface area contributed by atoms with Gasteiger partial charge >= 0.3 is 0 Å². The molecule has 21 heavy (non-hydrogen) atoms. The Hall–Kier alpha value is -1.91. The van der Waals surface area contributed by atoms with Crippen molar-refractivity contribution < 1.29 is 4.79 Å². The van der Waals surface area contributed by atoms with Gasteiger partial charge in [-0.1, -0.05) is 13.8 Å². The number of nitrogens with zero attached hydrogens (tertiary/aromatic N) is 4. The van der Waals surface area contributed by atoms with Crippen LogP contribution in [0.15, 0.2) is 6.07 Å². The number of aryl methyl sites for hydroxylation is 3. The number of hydrogen-bond acceptors (Lipinski definition) is 3. The van der Waals surface area contributed by atoms with Crippen LogP contribution in [0.1, 0.15) is 60.3 Å². The van der Waals surface area contributed by atoms with Crippen LogP contribution in [-0.4, -0.2) is 25.3 Å². The monoisotopic (exact) mass is 288 g/mol. The maximum atomic E-state index is 12.0. The highest BCUT2D eigenvalue weighted by atomic mass is 16.1. The highest BCUT2D eigenvalue weighted by Crippen LogP contribution is 2.17. The van der Waals surface area contributed by atoms with Crippen LogP contribution in [0, 0.1) is 13.8 Å². The van der Waals surface area contributed by atoms with Gasteiger partial charge in [0.2, 0.25) is 0 Å². The normalized spacial score (nSPS) is 11.1. The highest BCUT2D eigenvalue weighted by Gasteiger charge is 2.18. The smallest absolute Gasteiger partial charge is 0.166 e. The Bertz CT molecular complexity index is 652. The van der Waals surface area contributed by atoms with E-state index in [0.717, 1.165) is 41.3 Å². The number of hydrogen-bond donors (Lipinski definition) is 0. The second kappa shape index (κ2) is 6.24. The second-order valence-electron chi connectivity index (χ2n) is 5.28. The van der Waals surface area contributed by atoms with Crippen LogP contribution in [0.25, 0.3) is 0 Å². The molecule has 0 N–H and O–H groups in total. The van der Waals surface area contributed by atoms with E-state index in [-0.39, 0.29) is 5.78 Å². The Morgan fingerprint density at radius 3 is 2.43 bits per heavy atom. The molecule has 2 heterocycles. The van der Waals surface area contributed by atoms with Crippen molar-refractivity contribution in [1.29, 1.82) is 0 Å². The topological polar surface area (TPSA) is 52.7 Å². The van der Waals surface area contributed by atoms with E-state index in [1.165, 1.54) is 0 Å². The average molecular weight is 288 g/mol. The van der Waals surface area contributed by atoms with Crippen LogP contribution < -0.4 is 0 Å². The van der Waals surface area contributed by atoms with Crippen molar-refractivity contribution in [3.63, 3.8) is 0 Å². The molecule has 0 aliphatic carbocycles. The van der Waals surface area contributed by atoms with Crippen LogP contribution in [0.4, 0.5) is 0 Å². The molecular formula is C16H24N4O. The molecule has 0 fully saturated rings. The SMILES string of the molecule is CCC(=O)c1c(C)nn(Cc2cc(CC)nn2CC)c1C. The van der Waals surface area contributed by atoms with E-state index >= 15 is 0 Å². The second-order valence-corrected chi connectivity index (χ2v) is 5.28. The third kappa shape index (κ3) is 2.91. The summed E-state index contributed by atoms with van der Waals surface area (Å²) < 4.78 is 3.93. The molecule has 114 valence electrons. The summed E-state index contributed by atoms with van der Waals surface area (Å²) in [6, 6.07) is 2.13. The zero-order valence-electron chi connectivity index (χ0n) is 13.6. The summed E-state index contributed by atoms with van der Waals surface area (Å²) in [7, 11) is 0. The number of carbonyl (C=O) groups excluding carboxylic acids is 1. The minimum absolute atomic E-state index is 0.162. The maximum absolute atomic E-state index is 12.0. The Balaban J connectivity index is 2.36. The summed E-state index contributed by atoms with van der Waals surface area (Å²) in [5, 5.41) is 9.10. The third-order valence-corrected chi connectivity index (χ3v) is 3.87. The van der Waals surface area contributed by atoms with Gasteiger partial charge in [-0.05, 0) is 33.3 Å². The van der Waals surface area contributed by atoms with Gasteiger partial charge in [-0.25, -0.2) is 0 Å². The first kappa shape index (κ1) is 15.5. The van der Waals surface area contributed by atoms with Gasteiger partial charge in [0.05, 0.1) is 29.2 Å². The molecule has 2 aromatic heterocycles. The van der Waals surface area contributed by atoms with Gasteiger partial charge in [-0.3, -0.25) is 14.2 Å². The lowest BCUT2D eigenvalue weighted by Gasteiger charge is -2.07. The molecular weight excluding hydrogens is 264 g/mol. The largest absolute Gasteiger partial charge is 0.294 e. The number of carbonyl (C=O) groups is 1. The first-order valence-electron chi connectivity index (χ1n) is 7.64. The fourth-order valence-corrected chi connectivity index (χ4v) is 2.67. The minimum atomic E-state index is 0.162. The quantitative estimate of drug-likeness (QED) is 0.768. The fourth-order valence-electron chi connectivity index (χ4n) is 2.67. The van der Waals surface area contributed by atoms with Gasteiger partial charge in [0.25, 0.3) is 0 Å². The lowest BCUT2D eigenvalue weighted by atomic mass is 10.1. The van der Waals surface area contributed by atoms with E-state index < -0.39 is 0 Å². The standard InChI is InChI=1S/C16H24N4O/c1-6-13-9-14(19(8-3)18-13)10-20-12(5)16(11(4)17-20)15(21)7-2/h9H,6-8,10H2,1-5H3. The van der Waals surface area contributed by atoms with Crippen molar-refractivity contribution in [2.24, 2.45) is 0 Å². The van der Waals surface area contributed by atoms with E-state index in [1.807, 2.05) is 30.1 Å². The first-order chi connectivity index (χ1) is 10.0. The summed E-state index contributed by atoms with van der Waals surface area (Å²) >= 11 is 0. The van der Waals surface area contributed by atoms with E-state index in [1.54, 1.807) is 0 Å². The van der Waals surface area contributed by atoms with Crippen LogP contribution in [0.2, 0.25) is 0 Å². The van der Waals surface area contributed by atoms with Crippen molar-refractivity contribution in [3.05, 3.63) is 34.4 Å². The van der Waals surface area contributed by atoms with Gasteiger partial charge in [-0.15, -0.1) is 0 Å². The zero-order chi connectivity index (χ0) is 15.6. The van der Waals surface area contributed by atoms with Crippen LogP contribution in [0.5, 0.6) is 0 Å². The molecule has 0 radical (unpaired) electrons. The van der Waals surface area contributed by atoms with Crippen molar-refractivity contribution in [3.8, 4) is 0 Å². The Kier molecular flexibility index (Phi) is 4.60. The van der Waals surface area contributed by atoms with E-state index in [2.05, 4.69) is 30.1 Å². The average Bonchev–Trinajstić information content (AvgIpc) is 3.00. The molecule has 0 saturated heterocycles. The van der Waals surface area contributed by atoms with Gasteiger partial charge < -0.3 is 0 Å². The number of rotatable bonds is 6. The van der Waals surface area contributed by atoms with Crippen LogP contribution in [0.3, 0.4) is 0 Å². The molecule has 0 amide bonds. The molecule has 0 unspecified atom stereocenters. The summed E-state index contributed by atoms with van der Waals surface area (Å²) in [6.07, 6.45) is 1.44. The molecule has 5 heteroatoms. The summed E-state index contributed by atoms with van der Waals surface area (Å²) in [5.74, 6) is 0.162. The predicted octanol–water partition coefficient (Wildman–Crippen LogP) is 2.92. The van der Waals surface area contributed by atoms with E-state index in [4.69, 9.17) is 0 Å². The molecule has 2 aromatic rings. The van der Waals surface area contributed by atoms with Crippen LogP contribution >= 0.6 is 0 Å². The molecule has 0 aliphatic heterocycles. The molecule has 2 rings (SSSR count). The van der Waals surface area contributed by atoms with Gasteiger partial charge in [-0.2, -0.15) is 10.2 Å². The molecule has 0 saturated carbocycles. The zero-order valence-corrected chi connectivity index (χ0v) is 13.6. The van der Waals surface area contributed by atoms with Gasteiger partial charge in [0.1, 0.15) is 0 Å². The Labute approximate surface area is 126 Å². The minimum Gasteiger partial charge on any atom is -0.294 e. The lowest BCUT2D eigenvalue weighted by Crippen LogP contribution is -2.10. The first-order valence-corrected chi connectivity index (χ1v) is 7.64. The molecule has 0 bridgehead atoms. The molecule has 0 aromatic carbocycles. The molecule has 5 nitrogen and oxygen atoms in total. The summed E-state index contributed by atoms with van der Waals surface area (Å²) in [5.41, 5.74) is 4.77. The van der Waals surface area contributed by atoms with Crippen molar-refractivity contribution >= 4 is 5.78 Å². The Morgan fingerprint density at radius 1 is 1.14 bits per heavy atom. The summed E-state index contributed by atoms with van der Waals surface area (Å²) in [4.78, 5) is 12.0. The van der Waals surface area contributed by atoms with Gasteiger partial charge in [0, 0.05) is 18.7 Å². The number of aromatic nitrogens is 4. The fraction of sp³-hybridized carbons (Fsp3) is 0.562. The van der Waals surface area contributed by atoms with Crippen molar-refractivity contribution in [2.75, 3.05) is 0 Å². The predicted molar refractivity (Wildman–Crippen MR) is 82.7 cm³/mol. The summed E-state index contributed by atoms with van der Waals surface area (Å²) in [6.45, 7) is 11.5. The molecule has 0 atom stereocenters. The van der Waals surface area contributed by atoms with Crippen molar-refractivity contribution in [1.82, 2.24) is 19.6 Å². The van der Waals surface area contributed by atoms with E-state index in [9.17, 15) is 4.79 Å². The van der Waals surface area contributed by atoms with E-state index in [0.29, 0.717) is 13.0 Å². The highest BCUT2D eigenvalue weighted by molar-refractivity contribution is 5.97. The lowest BCUT2D eigenvalue weighted by molar-refractivity contribution is 0.0987. The maximum Gasteiger partial charge on any atom is 0.166 e. The third-order valence-electron chi connectivity index (χ3n) is 3.87.